The molecule has 0 aliphatic carbocycles. The van der Waals surface area contributed by atoms with Gasteiger partial charge in [0, 0.05) is 24.4 Å². The maximum Gasteiger partial charge on any atom is 0.147 e. The molecule has 0 bridgehead atoms. The van der Waals surface area contributed by atoms with Crippen molar-refractivity contribution in [3.8, 4) is 0 Å². The highest BCUT2D eigenvalue weighted by atomic mass is 19.1. The predicted octanol–water partition coefficient (Wildman–Crippen LogP) is 2.65. The third-order valence-electron chi connectivity index (χ3n) is 5.51. The van der Waals surface area contributed by atoms with Crippen LogP contribution in [-0.2, 0) is 19.6 Å². The lowest BCUT2D eigenvalue weighted by molar-refractivity contribution is 0.188. The zero-order valence-electron chi connectivity index (χ0n) is 14.6. The van der Waals surface area contributed by atoms with E-state index in [1.165, 1.54) is 12.1 Å². The number of likely N-dealkylation sites (tertiary alicyclic amines) is 1. The van der Waals surface area contributed by atoms with E-state index >= 15 is 0 Å². The number of benzene rings is 1. The molecule has 0 spiro atoms. The van der Waals surface area contributed by atoms with Crippen molar-refractivity contribution in [3.63, 3.8) is 0 Å². The van der Waals surface area contributed by atoms with Crippen LogP contribution in [0.4, 0.5) is 4.39 Å². The molecule has 1 saturated heterocycles. The molecule has 0 radical (unpaired) electrons. The molecule has 6 nitrogen and oxygen atoms in total. The lowest BCUT2D eigenvalue weighted by atomic mass is 9.95. The first-order chi connectivity index (χ1) is 12.8. The molecule has 136 valence electrons. The van der Waals surface area contributed by atoms with Crippen LogP contribution in [0.15, 0.2) is 28.7 Å². The fourth-order valence-electron chi connectivity index (χ4n) is 4.13. The number of rotatable bonds is 3. The normalized spacial score (nSPS) is 19.1. The first-order valence-corrected chi connectivity index (χ1v) is 9.29. The number of fused-ring (bicyclic) bond motifs is 2. The van der Waals surface area contributed by atoms with Gasteiger partial charge >= 0.3 is 0 Å². The van der Waals surface area contributed by atoms with Gasteiger partial charge in [-0.3, -0.25) is 4.90 Å². The summed E-state index contributed by atoms with van der Waals surface area (Å²) in [5, 5.41) is 13.0. The van der Waals surface area contributed by atoms with E-state index in [4.69, 9.17) is 4.42 Å². The van der Waals surface area contributed by atoms with E-state index in [2.05, 4.69) is 25.0 Å². The van der Waals surface area contributed by atoms with Gasteiger partial charge in [0.25, 0.3) is 0 Å². The molecule has 26 heavy (non-hydrogen) atoms. The Morgan fingerprint density at radius 1 is 1.15 bits per heavy atom. The summed E-state index contributed by atoms with van der Waals surface area (Å²) in [6.07, 6.45) is 2.17. The molecule has 0 saturated carbocycles. The quantitative estimate of drug-likeness (QED) is 0.783. The predicted molar refractivity (Wildman–Crippen MR) is 95.2 cm³/mol. The molecule has 1 aromatic carbocycles. The molecular formula is C19H22FN5O. The van der Waals surface area contributed by atoms with Crippen LogP contribution in [0.2, 0.25) is 0 Å². The van der Waals surface area contributed by atoms with Crippen molar-refractivity contribution >= 4 is 11.0 Å². The first kappa shape index (κ1) is 16.0. The zero-order valence-corrected chi connectivity index (χ0v) is 14.6. The number of halogens is 1. The van der Waals surface area contributed by atoms with Gasteiger partial charge in [0.05, 0.1) is 13.1 Å². The summed E-state index contributed by atoms with van der Waals surface area (Å²) < 4.78 is 21.5. The van der Waals surface area contributed by atoms with Gasteiger partial charge in [-0.1, -0.05) is 0 Å². The Morgan fingerprint density at radius 3 is 2.92 bits per heavy atom. The van der Waals surface area contributed by atoms with Crippen molar-refractivity contribution < 1.29 is 8.81 Å². The number of nitrogens with one attached hydrogen (secondary N) is 1. The van der Waals surface area contributed by atoms with Crippen LogP contribution in [0.25, 0.3) is 11.0 Å². The number of nitrogens with zero attached hydrogens (tertiary/aromatic N) is 4. The molecule has 3 aromatic rings. The minimum Gasteiger partial charge on any atom is -0.460 e. The molecule has 0 unspecified atom stereocenters. The average Bonchev–Trinajstić information content (AvgIpc) is 3.25. The highest BCUT2D eigenvalue weighted by Gasteiger charge is 2.27. The number of aromatic nitrogens is 3. The Labute approximate surface area is 151 Å². The summed E-state index contributed by atoms with van der Waals surface area (Å²) in [5.41, 5.74) is 0.750. The van der Waals surface area contributed by atoms with Crippen LogP contribution in [0.5, 0.6) is 0 Å². The number of piperidine rings is 1. The van der Waals surface area contributed by atoms with Crippen molar-refractivity contribution in [3.05, 3.63) is 47.5 Å². The third kappa shape index (κ3) is 2.91. The van der Waals surface area contributed by atoms with Gasteiger partial charge in [-0.15, -0.1) is 10.2 Å². The lowest BCUT2D eigenvalue weighted by Crippen LogP contribution is -2.34. The SMILES string of the molecule is Fc1ccc2oc(CN3CCC(c4nnc5n4CCNC5)CC3)cc2c1. The van der Waals surface area contributed by atoms with Gasteiger partial charge in [0.15, 0.2) is 0 Å². The van der Waals surface area contributed by atoms with Crippen LogP contribution in [0.3, 0.4) is 0 Å². The summed E-state index contributed by atoms with van der Waals surface area (Å²) in [6, 6.07) is 6.61. The van der Waals surface area contributed by atoms with Crippen LogP contribution >= 0.6 is 0 Å². The van der Waals surface area contributed by atoms with Crippen molar-refractivity contribution in [2.24, 2.45) is 0 Å². The second-order valence-corrected chi connectivity index (χ2v) is 7.25. The summed E-state index contributed by atoms with van der Waals surface area (Å²) in [4.78, 5) is 2.40. The largest absolute Gasteiger partial charge is 0.460 e. The van der Waals surface area contributed by atoms with E-state index in [0.717, 1.165) is 80.5 Å². The van der Waals surface area contributed by atoms with E-state index in [1.54, 1.807) is 6.07 Å². The number of hydrogen-bond donors (Lipinski definition) is 1. The third-order valence-corrected chi connectivity index (χ3v) is 5.51. The topological polar surface area (TPSA) is 59.1 Å². The second kappa shape index (κ2) is 6.48. The Morgan fingerprint density at radius 2 is 2.04 bits per heavy atom. The van der Waals surface area contributed by atoms with Gasteiger partial charge < -0.3 is 14.3 Å². The maximum absolute atomic E-state index is 13.3. The Hall–Kier alpha value is -2.25. The summed E-state index contributed by atoms with van der Waals surface area (Å²) in [7, 11) is 0. The summed E-state index contributed by atoms with van der Waals surface area (Å²) in [5.74, 6) is 3.37. The molecular weight excluding hydrogens is 333 g/mol. The molecule has 7 heteroatoms. The van der Waals surface area contributed by atoms with Crippen molar-refractivity contribution in [1.29, 1.82) is 0 Å². The summed E-state index contributed by atoms with van der Waals surface area (Å²) >= 11 is 0. The van der Waals surface area contributed by atoms with Crippen LogP contribution in [-0.4, -0.2) is 39.3 Å². The van der Waals surface area contributed by atoms with Crippen molar-refractivity contribution in [1.82, 2.24) is 25.0 Å². The molecule has 4 heterocycles. The Bertz CT molecular complexity index is 925. The fourth-order valence-corrected chi connectivity index (χ4v) is 4.13. The smallest absolute Gasteiger partial charge is 0.147 e. The molecule has 2 aromatic heterocycles. The molecule has 2 aliphatic rings. The number of furan rings is 1. The van der Waals surface area contributed by atoms with Crippen LogP contribution in [0, 0.1) is 5.82 Å². The fraction of sp³-hybridized carbons (Fsp3) is 0.474. The van der Waals surface area contributed by atoms with E-state index in [0.29, 0.717) is 5.92 Å². The highest BCUT2D eigenvalue weighted by molar-refractivity contribution is 5.77. The number of hydrogen-bond acceptors (Lipinski definition) is 5. The molecule has 0 amide bonds. The first-order valence-electron chi connectivity index (χ1n) is 9.29. The summed E-state index contributed by atoms with van der Waals surface area (Å²) in [6.45, 7) is 5.56. The standard InChI is InChI=1S/C19H22FN5O/c20-15-1-2-17-14(9-15)10-16(26-17)12-24-6-3-13(4-7-24)19-23-22-18-11-21-5-8-25(18)19/h1-2,9-10,13,21H,3-8,11-12H2. The molecule has 2 aliphatic heterocycles. The van der Waals surface area contributed by atoms with Crippen molar-refractivity contribution in [2.45, 2.75) is 38.4 Å². The minimum atomic E-state index is -0.225. The molecule has 5 rings (SSSR count). The molecule has 1 N–H and O–H groups in total. The Balaban J connectivity index is 1.24. The van der Waals surface area contributed by atoms with Gasteiger partial charge in [0.1, 0.15) is 28.8 Å². The maximum atomic E-state index is 13.3. The van der Waals surface area contributed by atoms with Gasteiger partial charge in [-0.2, -0.15) is 0 Å². The van der Waals surface area contributed by atoms with Gasteiger partial charge in [0.2, 0.25) is 0 Å². The lowest BCUT2D eigenvalue weighted by Gasteiger charge is -2.31. The van der Waals surface area contributed by atoms with Crippen LogP contribution in [0.1, 0.15) is 36.2 Å². The van der Waals surface area contributed by atoms with E-state index in [1.807, 2.05) is 6.07 Å². The monoisotopic (exact) mass is 355 g/mol. The van der Waals surface area contributed by atoms with Gasteiger partial charge in [-0.05, 0) is 50.2 Å². The molecule has 1 fully saturated rings. The van der Waals surface area contributed by atoms with Crippen LogP contribution < -0.4 is 5.32 Å². The minimum absolute atomic E-state index is 0.225. The van der Waals surface area contributed by atoms with E-state index in [9.17, 15) is 4.39 Å². The van der Waals surface area contributed by atoms with E-state index in [-0.39, 0.29) is 5.82 Å². The second-order valence-electron chi connectivity index (χ2n) is 7.25. The Kier molecular flexibility index (Phi) is 3.98. The molecule has 0 atom stereocenters. The average molecular weight is 355 g/mol. The zero-order chi connectivity index (χ0) is 17.5. The van der Waals surface area contributed by atoms with Gasteiger partial charge in [-0.25, -0.2) is 4.39 Å². The van der Waals surface area contributed by atoms with Crippen molar-refractivity contribution in [2.75, 3.05) is 19.6 Å². The van der Waals surface area contributed by atoms with E-state index < -0.39 is 0 Å². The highest BCUT2D eigenvalue weighted by Crippen LogP contribution is 2.29.